The highest BCUT2D eigenvalue weighted by atomic mass is 16.4. The van der Waals surface area contributed by atoms with Crippen molar-refractivity contribution in [1.82, 2.24) is 9.38 Å². The minimum Gasteiger partial charge on any atom is -0.481 e. The maximum absolute atomic E-state index is 11.9. The molecule has 0 aliphatic heterocycles. The Hall–Kier alpha value is -1.84. The first-order valence-electron chi connectivity index (χ1n) is 7.56. The zero-order chi connectivity index (χ0) is 15.1. The number of carboxylic acid groups (broad SMARTS) is 1. The highest BCUT2D eigenvalue weighted by Crippen LogP contribution is 2.46. The first-order valence-corrected chi connectivity index (χ1v) is 7.56. The molecule has 2 aromatic rings. The number of carboxylic acids is 1. The number of hydrogen-bond donors (Lipinski definition) is 1. The molecule has 0 saturated heterocycles. The van der Waals surface area contributed by atoms with Gasteiger partial charge >= 0.3 is 5.97 Å². The van der Waals surface area contributed by atoms with Gasteiger partial charge in [-0.25, -0.2) is 4.98 Å². The Morgan fingerprint density at radius 1 is 1.29 bits per heavy atom. The third-order valence-electron chi connectivity index (χ3n) is 4.95. The fourth-order valence-corrected chi connectivity index (χ4v) is 3.29. The van der Waals surface area contributed by atoms with E-state index in [-0.39, 0.29) is 5.41 Å². The van der Waals surface area contributed by atoms with Crippen LogP contribution < -0.4 is 0 Å². The van der Waals surface area contributed by atoms with Gasteiger partial charge in [-0.05, 0) is 43.2 Å². The van der Waals surface area contributed by atoms with Crippen LogP contribution in [0.1, 0.15) is 45.2 Å². The average Bonchev–Trinajstić information content (AvgIpc) is 2.83. The summed E-state index contributed by atoms with van der Waals surface area (Å²) < 4.78 is 1.96. The van der Waals surface area contributed by atoms with Crippen LogP contribution >= 0.6 is 0 Å². The Balaban J connectivity index is 1.87. The zero-order valence-electron chi connectivity index (χ0n) is 12.7. The molecule has 0 bridgehead atoms. The van der Waals surface area contributed by atoms with Crippen molar-refractivity contribution in [2.45, 2.75) is 46.0 Å². The minimum absolute atomic E-state index is 0.262. The molecule has 0 radical (unpaired) electrons. The zero-order valence-corrected chi connectivity index (χ0v) is 12.7. The van der Waals surface area contributed by atoms with Crippen LogP contribution in [0.2, 0.25) is 0 Å². The van der Waals surface area contributed by atoms with Crippen molar-refractivity contribution in [2.75, 3.05) is 0 Å². The third-order valence-corrected chi connectivity index (χ3v) is 4.95. The van der Waals surface area contributed by atoms with Gasteiger partial charge < -0.3 is 9.51 Å². The summed E-state index contributed by atoms with van der Waals surface area (Å²) in [6.45, 7) is 4.45. The molecule has 4 heteroatoms. The number of rotatable bonds is 3. The number of aliphatic carboxylic acids is 1. The van der Waals surface area contributed by atoms with E-state index in [2.05, 4.69) is 18.8 Å². The van der Waals surface area contributed by atoms with Crippen molar-refractivity contribution in [3.8, 4) is 0 Å². The summed E-state index contributed by atoms with van der Waals surface area (Å²) in [5.74, 6) is -0.671. The molecule has 0 unspecified atom stereocenters. The van der Waals surface area contributed by atoms with E-state index in [4.69, 9.17) is 0 Å². The molecule has 1 N–H and O–H groups in total. The van der Waals surface area contributed by atoms with Crippen LogP contribution in [0, 0.1) is 10.8 Å². The highest BCUT2D eigenvalue weighted by molar-refractivity contribution is 5.75. The normalized spacial score (nSPS) is 20.5. The van der Waals surface area contributed by atoms with Gasteiger partial charge in [0.25, 0.3) is 0 Å². The van der Waals surface area contributed by atoms with E-state index in [1.807, 2.05) is 35.0 Å². The topological polar surface area (TPSA) is 54.6 Å². The Bertz CT molecular complexity index is 629. The number of imidazole rings is 1. The maximum atomic E-state index is 11.9. The molecule has 21 heavy (non-hydrogen) atoms. The van der Waals surface area contributed by atoms with Crippen molar-refractivity contribution in [1.29, 1.82) is 0 Å². The van der Waals surface area contributed by atoms with Gasteiger partial charge in [-0.2, -0.15) is 0 Å². The van der Waals surface area contributed by atoms with Crippen LogP contribution in [0.15, 0.2) is 30.6 Å². The lowest BCUT2D eigenvalue weighted by atomic mass is 9.63. The molecule has 1 fully saturated rings. The van der Waals surface area contributed by atoms with Crippen LogP contribution in [-0.2, 0) is 11.2 Å². The molecular formula is C17H22N2O2. The monoisotopic (exact) mass is 286 g/mol. The van der Waals surface area contributed by atoms with E-state index in [1.54, 1.807) is 0 Å². The van der Waals surface area contributed by atoms with Crippen molar-refractivity contribution in [3.05, 3.63) is 36.3 Å². The summed E-state index contributed by atoms with van der Waals surface area (Å²) in [6, 6.07) is 5.84. The van der Waals surface area contributed by atoms with Crippen molar-refractivity contribution >= 4 is 11.6 Å². The molecule has 2 aromatic heterocycles. The molecule has 2 heterocycles. The summed E-state index contributed by atoms with van der Waals surface area (Å²) in [5, 5.41) is 9.76. The van der Waals surface area contributed by atoms with Gasteiger partial charge in [0.05, 0.1) is 11.1 Å². The molecular weight excluding hydrogens is 264 g/mol. The Kier molecular flexibility index (Phi) is 3.27. The number of carbonyl (C=O) groups is 1. The fraction of sp³-hybridized carbons (Fsp3) is 0.529. The van der Waals surface area contributed by atoms with Gasteiger partial charge in [0.15, 0.2) is 0 Å². The molecule has 3 rings (SSSR count). The number of nitrogens with zero attached hydrogens (tertiary/aromatic N) is 2. The van der Waals surface area contributed by atoms with E-state index in [9.17, 15) is 9.90 Å². The lowest BCUT2D eigenvalue weighted by Gasteiger charge is -2.40. The first kappa shape index (κ1) is 14.1. The number of fused-ring (bicyclic) bond motifs is 1. The molecule has 0 spiro atoms. The number of pyridine rings is 1. The number of aromatic nitrogens is 2. The van der Waals surface area contributed by atoms with Crippen LogP contribution in [0.25, 0.3) is 5.65 Å². The standard InChI is InChI=1S/C17H22N2O2/c1-16(2)6-8-17(9-7-16,15(20)21)11-13-12-19-10-4-3-5-14(19)18-13/h3-5,10,12H,6-9,11H2,1-2H3,(H,20,21). The Morgan fingerprint density at radius 2 is 2.00 bits per heavy atom. The Morgan fingerprint density at radius 3 is 2.62 bits per heavy atom. The molecule has 0 aromatic carbocycles. The van der Waals surface area contributed by atoms with Crippen molar-refractivity contribution < 1.29 is 9.90 Å². The summed E-state index contributed by atoms with van der Waals surface area (Å²) in [4.78, 5) is 16.4. The van der Waals surface area contributed by atoms with Gasteiger partial charge in [-0.3, -0.25) is 4.79 Å². The number of hydrogen-bond acceptors (Lipinski definition) is 2. The summed E-state index contributed by atoms with van der Waals surface area (Å²) in [6.07, 6.45) is 7.84. The van der Waals surface area contributed by atoms with Gasteiger partial charge in [0.2, 0.25) is 0 Å². The van der Waals surface area contributed by atoms with Crippen molar-refractivity contribution in [2.24, 2.45) is 10.8 Å². The van der Waals surface area contributed by atoms with Gasteiger partial charge in [0.1, 0.15) is 5.65 Å². The third kappa shape index (κ3) is 2.67. The largest absolute Gasteiger partial charge is 0.481 e. The summed E-state index contributed by atoms with van der Waals surface area (Å²) in [5.41, 5.74) is 1.37. The van der Waals surface area contributed by atoms with Crippen LogP contribution in [-0.4, -0.2) is 20.5 Å². The lowest BCUT2D eigenvalue weighted by Crippen LogP contribution is -2.39. The van der Waals surface area contributed by atoms with Crippen LogP contribution in [0.4, 0.5) is 0 Å². The van der Waals surface area contributed by atoms with Gasteiger partial charge in [-0.1, -0.05) is 19.9 Å². The molecule has 1 saturated carbocycles. The second-order valence-electron chi connectivity index (χ2n) is 7.12. The smallest absolute Gasteiger partial charge is 0.310 e. The van der Waals surface area contributed by atoms with E-state index in [1.165, 1.54) is 0 Å². The van der Waals surface area contributed by atoms with Crippen LogP contribution in [0.3, 0.4) is 0 Å². The van der Waals surface area contributed by atoms with E-state index >= 15 is 0 Å². The van der Waals surface area contributed by atoms with Crippen LogP contribution in [0.5, 0.6) is 0 Å². The second-order valence-corrected chi connectivity index (χ2v) is 7.12. The summed E-state index contributed by atoms with van der Waals surface area (Å²) in [7, 11) is 0. The lowest BCUT2D eigenvalue weighted by molar-refractivity contribution is -0.152. The predicted molar refractivity (Wildman–Crippen MR) is 81.2 cm³/mol. The van der Waals surface area contributed by atoms with Crippen molar-refractivity contribution in [3.63, 3.8) is 0 Å². The molecule has 0 amide bonds. The second kappa shape index (κ2) is 4.86. The summed E-state index contributed by atoms with van der Waals surface area (Å²) >= 11 is 0. The van der Waals surface area contributed by atoms with E-state index in [0.717, 1.165) is 37.0 Å². The Labute approximate surface area is 124 Å². The molecule has 1 aliphatic rings. The highest BCUT2D eigenvalue weighted by Gasteiger charge is 2.44. The minimum atomic E-state index is -0.671. The maximum Gasteiger partial charge on any atom is 0.310 e. The molecule has 4 nitrogen and oxygen atoms in total. The quantitative estimate of drug-likeness (QED) is 0.938. The molecule has 112 valence electrons. The van der Waals surface area contributed by atoms with Gasteiger partial charge in [0, 0.05) is 18.8 Å². The molecule has 1 aliphatic carbocycles. The molecule has 0 atom stereocenters. The van der Waals surface area contributed by atoms with E-state index < -0.39 is 11.4 Å². The fourth-order valence-electron chi connectivity index (χ4n) is 3.29. The van der Waals surface area contributed by atoms with E-state index in [0.29, 0.717) is 6.42 Å². The SMILES string of the molecule is CC1(C)CCC(Cc2cn3ccccc3n2)(C(=O)O)CC1. The predicted octanol–water partition coefficient (Wildman–Crippen LogP) is 3.55. The first-order chi connectivity index (χ1) is 9.90. The van der Waals surface area contributed by atoms with Gasteiger partial charge in [-0.15, -0.1) is 0 Å². The average molecular weight is 286 g/mol.